The molecule has 0 aromatic carbocycles. The molecule has 0 amide bonds. The van der Waals surface area contributed by atoms with E-state index in [0.29, 0.717) is 12.8 Å². The highest BCUT2D eigenvalue weighted by Gasteiger charge is 2.00. The zero-order valence-corrected chi connectivity index (χ0v) is 4.90. The first-order chi connectivity index (χ1) is 3.12. The van der Waals surface area contributed by atoms with E-state index in [2.05, 4.69) is 0 Å². The van der Waals surface area contributed by atoms with Gasteiger partial charge in [0.05, 0.1) is 0 Å². The van der Waals surface area contributed by atoms with Crippen LogP contribution in [0.4, 0.5) is 0 Å². The lowest BCUT2D eigenvalue weighted by molar-refractivity contribution is -0.478. The Kier molecular flexibility index (Phi) is 2.26. The average Bonchev–Trinajstić information content (AvgIpc) is 1.68. The van der Waals surface area contributed by atoms with Crippen LogP contribution < -0.4 is 10.8 Å². The largest absolute Gasteiger partial charge is 0.838 e. The molecular formula is C5H12NO-. The third kappa shape index (κ3) is 2.60. The summed E-state index contributed by atoms with van der Waals surface area (Å²) in [5.41, 5.74) is 3.99. The van der Waals surface area contributed by atoms with Gasteiger partial charge in [0.15, 0.2) is 0 Å². The van der Waals surface area contributed by atoms with E-state index in [1.807, 2.05) is 0 Å². The molecular weight excluding hydrogens is 90.1 g/mol. The van der Waals surface area contributed by atoms with Crippen LogP contribution in [0, 0.1) is 0 Å². The van der Waals surface area contributed by atoms with Gasteiger partial charge in [-0.2, -0.15) is 0 Å². The molecule has 0 aromatic rings. The fraction of sp³-hybridized carbons (Fsp3) is 1.00. The quantitative estimate of drug-likeness (QED) is 0.492. The third-order valence-corrected chi connectivity index (χ3v) is 1.20. The molecule has 0 aromatic heterocycles. The fourth-order valence-corrected chi connectivity index (χ4v) is 0.250. The summed E-state index contributed by atoms with van der Waals surface area (Å²) in [7, 11) is 0. The monoisotopic (exact) mass is 102 g/mol. The van der Waals surface area contributed by atoms with Gasteiger partial charge in [0, 0.05) is 0 Å². The molecule has 0 rings (SSSR count). The van der Waals surface area contributed by atoms with Gasteiger partial charge in [-0.05, 0) is 0 Å². The summed E-state index contributed by atoms with van der Waals surface area (Å²) >= 11 is 0. The maximum Gasteiger partial charge on any atom is -0.0534 e. The highest BCUT2D eigenvalue weighted by Crippen LogP contribution is 1.99. The van der Waals surface area contributed by atoms with Crippen LogP contribution in [0.5, 0.6) is 0 Å². The second-order valence-corrected chi connectivity index (χ2v) is 1.77. The van der Waals surface area contributed by atoms with Crippen LogP contribution in [0.3, 0.4) is 0 Å². The van der Waals surface area contributed by atoms with Gasteiger partial charge in [-0.1, -0.05) is 32.4 Å². The van der Waals surface area contributed by atoms with Gasteiger partial charge in [-0.25, -0.2) is 0 Å². The van der Waals surface area contributed by atoms with Gasteiger partial charge in [0.25, 0.3) is 0 Å². The van der Waals surface area contributed by atoms with Crippen LogP contribution in [-0.4, -0.2) is 5.72 Å². The third-order valence-electron chi connectivity index (χ3n) is 1.20. The first kappa shape index (κ1) is 6.92. The Labute approximate surface area is 44.3 Å². The molecule has 2 heteroatoms. The Morgan fingerprint density at radius 2 is 1.71 bits per heavy atom. The van der Waals surface area contributed by atoms with Crippen LogP contribution in [0.25, 0.3) is 0 Å². The van der Waals surface area contributed by atoms with E-state index >= 15 is 0 Å². The van der Waals surface area contributed by atoms with Crippen molar-refractivity contribution in [3.05, 3.63) is 0 Å². The minimum atomic E-state index is -1.17. The van der Waals surface area contributed by atoms with Gasteiger partial charge in [-0.3, -0.25) is 0 Å². The fourth-order valence-electron chi connectivity index (χ4n) is 0.250. The van der Waals surface area contributed by atoms with Crippen molar-refractivity contribution in [2.24, 2.45) is 5.73 Å². The highest BCUT2D eigenvalue weighted by molar-refractivity contribution is 4.61. The van der Waals surface area contributed by atoms with E-state index in [9.17, 15) is 5.11 Å². The first-order valence-corrected chi connectivity index (χ1v) is 2.61. The van der Waals surface area contributed by atoms with Gasteiger partial charge in [0.1, 0.15) is 0 Å². The van der Waals surface area contributed by atoms with E-state index in [1.54, 1.807) is 13.8 Å². The molecule has 0 aliphatic heterocycles. The van der Waals surface area contributed by atoms with Crippen molar-refractivity contribution >= 4 is 0 Å². The van der Waals surface area contributed by atoms with Crippen molar-refractivity contribution in [2.45, 2.75) is 32.4 Å². The highest BCUT2D eigenvalue weighted by atomic mass is 16.3. The standard InChI is InChI=1S/C5H12NO/c1-3-5(6,7)4-2/h3-4,6H2,1-2H3/q-1. The maximum atomic E-state index is 10.6. The number of nitrogens with two attached hydrogens (primary N) is 1. The summed E-state index contributed by atoms with van der Waals surface area (Å²) in [5.74, 6) is 0. The Bertz CT molecular complexity index is 46.0. The Morgan fingerprint density at radius 1 is 1.43 bits per heavy atom. The summed E-state index contributed by atoms with van der Waals surface area (Å²) in [4.78, 5) is 0. The minimum Gasteiger partial charge on any atom is -0.838 e. The topological polar surface area (TPSA) is 49.1 Å². The summed E-state index contributed by atoms with van der Waals surface area (Å²) in [6.45, 7) is 3.60. The molecule has 0 unspecified atom stereocenters. The van der Waals surface area contributed by atoms with Crippen molar-refractivity contribution in [1.82, 2.24) is 0 Å². The molecule has 0 fully saturated rings. The molecule has 0 saturated heterocycles. The van der Waals surface area contributed by atoms with Crippen LogP contribution in [0.15, 0.2) is 0 Å². The Balaban J connectivity index is 3.36. The number of hydrogen-bond acceptors (Lipinski definition) is 2. The zero-order valence-electron chi connectivity index (χ0n) is 4.90. The van der Waals surface area contributed by atoms with E-state index in [4.69, 9.17) is 5.73 Å². The van der Waals surface area contributed by atoms with E-state index < -0.39 is 5.72 Å². The molecule has 0 atom stereocenters. The van der Waals surface area contributed by atoms with Gasteiger partial charge in [-0.15, -0.1) is 0 Å². The predicted molar refractivity (Wildman–Crippen MR) is 27.5 cm³/mol. The van der Waals surface area contributed by atoms with Crippen LogP contribution in [-0.2, 0) is 0 Å². The second kappa shape index (κ2) is 2.28. The summed E-state index contributed by atoms with van der Waals surface area (Å²) in [6, 6.07) is 0. The smallest absolute Gasteiger partial charge is 0.0534 e. The average molecular weight is 102 g/mol. The van der Waals surface area contributed by atoms with Crippen LogP contribution in [0.1, 0.15) is 26.7 Å². The van der Waals surface area contributed by atoms with Crippen molar-refractivity contribution in [3.8, 4) is 0 Å². The summed E-state index contributed by atoms with van der Waals surface area (Å²) < 4.78 is 0. The molecule has 7 heavy (non-hydrogen) atoms. The molecule has 0 bridgehead atoms. The SMILES string of the molecule is CCC(N)([O-])CC. The molecule has 0 radical (unpaired) electrons. The normalized spacial score (nSPS) is 12.0. The van der Waals surface area contributed by atoms with Gasteiger partial charge >= 0.3 is 0 Å². The lowest BCUT2D eigenvalue weighted by atomic mass is 10.1. The predicted octanol–water partition coefficient (Wildman–Crippen LogP) is -0.178. The number of rotatable bonds is 2. The van der Waals surface area contributed by atoms with Crippen LogP contribution in [0.2, 0.25) is 0 Å². The molecule has 0 aliphatic rings. The molecule has 0 saturated carbocycles. The van der Waals surface area contributed by atoms with Crippen molar-refractivity contribution in [1.29, 1.82) is 0 Å². The second-order valence-electron chi connectivity index (χ2n) is 1.77. The van der Waals surface area contributed by atoms with Gasteiger partial charge in [0.2, 0.25) is 0 Å². The lowest BCUT2D eigenvalue weighted by Crippen LogP contribution is -2.51. The van der Waals surface area contributed by atoms with Crippen LogP contribution >= 0.6 is 0 Å². The Morgan fingerprint density at radius 3 is 1.71 bits per heavy atom. The number of hydrogen-bond donors (Lipinski definition) is 1. The molecule has 2 N–H and O–H groups in total. The van der Waals surface area contributed by atoms with E-state index in [0.717, 1.165) is 0 Å². The van der Waals surface area contributed by atoms with E-state index in [1.165, 1.54) is 0 Å². The molecule has 2 nitrogen and oxygen atoms in total. The minimum absolute atomic E-state index is 0.517. The maximum absolute atomic E-state index is 10.6. The van der Waals surface area contributed by atoms with E-state index in [-0.39, 0.29) is 0 Å². The first-order valence-electron chi connectivity index (χ1n) is 2.61. The summed E-state index contributed by atoms with van der Waals surface area (Å²) in [6.07, 6.45) is 1.03. The molecule has 0 heterocycles. The van der Waals surface area contributed by atoms with Crippen molar-refractivity contribution in [3.63, 3.8) is 0 Å². The molecule has 44 valence electrons. The lowest BCUT2D eigenvalue weighted by Gasteiger charge is -2.33. The van der Waals surface area contributed by atoms with Crippen molar-refractivity contribution in [2.75, 3.05) is 0 Å². The zero-order chi connectivity index (χ0) is 5.91. The van der Waals surface area contributed by atoms with Gasteiger partial charge < -0.3 is 10.8 Å². The molecule has 0 aliphatic carbocycles. The van der Waals surface area contributed by atoms with Crippen molar-refractivity contribution < 1.29 is 5.11 Å². The summed E-state index contributed by atoms with van der Waals surface area (Å²) in [5, 5.41) is 10.6. The molecule has 0 spiro atoms. The Hall–Kier alpha value is -0.0800.